The minimum absolute atomic E-state index is 0.0732. The number of benzene rings is 3. The van der Waals surface area contributed by atoms with Gasteiger partial charge in [-0.2, -0.15) is 0 Å². The van der Waals surface area contributed by atoms with Gasteiger partial charge in [-0.05, 0) is 60.7 Å². The monoisotopic (exact) mass is 471 g/mol. The molecule has 156 valence electrons. The number of hydrogen-bond donors (Lipinski definition) is 2. The largest absolute Gasteiger partial charge is 0.495 e. The summed E-state index contributed by atoms with van der Waals surface area (Å²) in [5, 5.41) is 6.30. The zero-order chi connectivity index (χ0) is 22.0. The maximum Gasteiger partial charge on any atom is 0.258 e. The fraction of sp³-hybridized carbons (Fsp3) is 0.0455. The van der Waals surface area contributed by atoms with E-state index in [1.54, 1.807) is 18.2 Å². The van der Waals surface area contributed by atoms with E-state index in [1.807, 2.05) is 30.3 Å². The van der Waals surface area contributed by atoms with Crippen LogP contribution >= 0.6 is 35.4 Å². The number of amides is 1. The Hall–Kier alpha value is -3.13. The predicted molar refractivity (Wildman–Crippen MR) is 126 cm³/mol. The van der Waals surface area contributed by atoms with Gasteiger partial charge in [0.05, 0.1) is 23.4 Å². The Morgan fingerprint density at radius 2 is 1.90 bits per heavy atom. The molecule has 3 aromatic carbocycles. The smallest absolute Gasteiger partial charge is 0.258 e. The van der Waals surface area contributed by atoms with E-state index < -0.39 is 5.91 Å². The summed E-state index contributed by atoms with van der Waals surface area (Å²) in [6.45, 7) is 0. The third kappa shape index (κ3) is 4.64. The zero-order valence-corrected chi connectivity index (χ0v) is 18.4. The number of nitrogens with one attached hydrogen (secondary N) is 2. The van der Waals surface area contributed by atoms with Crippen molar-refractivity contribution < 1.29 is 13.9 Å². The van der Waals surface area contributed by atoms with Crippen molar-refractivity contribution in [3.05, 3.63) is 76.3 Å². The highest BCUT2D eigenvalue weighted by Gasteiger charge is 2.15. The number of hydrogen-bond acceptors (Lipinski definition) is 5. The van der Waals surface area contributed by atoms with Gasteiger partial charge in [-0.15, -0.1) is 0 Å². The first-order valence-corrected chi connectivity index (χ1v) is 10.2. The number of carbonyl (C=O) groups excluding carboxylic acids is 1. The number of methoxy groups -OCH3 is 1. The van der Waals surface area contributed by atoms with Crippen LogP contribution in [0.1, 0.15) is 10.4 Å². The van der Waals surface area contributed by atoms with Crippen molar-refractivity contribution in [1.29, 1.82) is 0 Å². The van der Waals surface area contributed by atoms with E-state index in [1.165, 1.54) is 19.2 Å². The van der Waals surface area contributed by atoms with Gasteiger partial charge in [-0.3, -0.25) is 10.1 Å². The third-order valence-electron chi connectivity index (χ3n) is 4.39. The molecule has 4 rings (SSSR count). The predicted octanol–water partition coefficient (Wildman–Crippen LogP) is 5.94. The minimum Gasteiger partial charge on any atom is -0.495 e. The minimum atomic E-state index is -0.465. The van der Waals surface area contributed by atoms with Crippen LogP contribution in [0.5, 0.6) is 5.75 Å². The molecule has 0 atom stereocenters. The van der Waals surface area contributed by atoms with E-state index in [0.717, 1.165) is 11.1 Å². The fourth-order valence-electron chi connectivity index (χ4n) is 2.93. The van der Waals surface area contributed by atoms with Gasteiger partial charge >= 0.3 is 0 Å². The quantitative estimate of drug-likeness (QED) is 0.358. The van der Waals surface area contributed by atoms with Crippen LogP contribution in [0.3, 0.4) is 0 Å². The molecule has 0 aliphatic rings. The second-order valence-corrected chi connectivity index (χ2v) is 7.69. The molecule has 0 radical (unpaired) electrons. The number of fused-ring (bicyclic) bond motifs is 1. The zero-order valence-electron chi connectivity index (χ0n) is 16.1. The van der Waals surface area contributed by atoms with E-state index in [9.17, 15) is 4.79 Å². The molecule has 4 aromatic rings. The Morgan fingerprint density at radius 1 is 1.10 bits per heavy atom. The van der Waals surface area contributed by atoms with Crippen LogP contribution < -0.4 is 15.4 Å². The highest BCUT2D eigenvalue weighted by Crippen LogP contribution is 2.32. The molecule has 0 bridgehead atoms. The van der Waals surface area contributed by atoms with Crippen LogP contribution in [0.4, 0.5) is 5.69 Å². The SMILES string of the molecule is COc1ccc(-c2nc3ccccc3o2)cc1NC(=S)NC(=O)c1ccc(Cl)cc1Cl. The molecule has 1 heterocycles. The average Bonchev–Trinajstić information content (AvgIpc) is 3.17. The maximum absolute atomic E-state index is 12.5. The number of anilines is 1. The lowest BCUT2D eigenvalue weighted by molar-refractivity contribution is 0.0978. The van der Waals surface area contributed by atoms with Crippen molar-refractivity contribution >= 4 is 63.2 Å². The fourth-order valence-corrected chi connectivity index (χ4v) is 3.63. The van der Waals surface area contributed by atoms with Crippen molar-refractivity contribution in [3.63, 3.8) is 0 Å². The summed E-state index contributed by atoms with van der Waals surface area (Å²) in [6, 6.07) is 17.4. The molecule has 0 spiro atoms. The molecule has 0 aliphatic carbocycles. The van der Waals surface area contributed by atoms with Gasteiger partial charge in [0, 0.05) is 10.6 Å². The highest BCUT2D eigenvalue weighted by molar-refractivity contribution is 7.80. The lowest BCUT2D eigenvalue weighted by atomic mass is 10.2. The number of oxazole rings is 1. The Morgan fingerprint density at radius 3 is 2.65 bits per heavy atom. The lowest BCUT2D eigenvalue weighted by Gasteiger charge is -2.14. The summed E-state index contributed by atoms with van der Waals surface area (Å²) < 4.78 is 11.2. The molecule has 0 aliphatic heterocycles. The number of halogens is 2. The first kappa shape index (κ1) is 21.1. The summed E-state index contributed by atoms with van der Waals surface area (Å²) in [6.07, 6.45) is 0. The van der Waals surface area contributed by atoms with Gasteiger partial charge in [-0.25, -0.2) is 4.98 Å². The van der Waals surface area contributed by atoms with Crippen molar-refractivity contribution in [2.45, 2.75) is 0 Å². The summed E-state index contributed by atoms with van der Waals surface area (Å²) >= 11 is 17.3. The summed E-state index contributed by atoms with van der Waals surface area (Å²) in [5.74, 6) is 0.518. The second-order valence-electron chi connectivity index (χ2n) is 6.43. The van der Waals surface area contributed by atoms with Gasteiger partial charge < -0.3 is 14.5 Å². The molecule has 1 aromatic heterocycles. The van der Waals surface area contributed by atoms with Crippen LogP contribution in [-0.4, -0.2) is 23.1 Å². The van der Waals surface area contributed by atoms with Gasteiger partial charge in [0.2, 0.25) is 5.89 Å². The molecule has 31 heavy (non-hydrogen) atoms. The number of ether oxygens (including phenoxy) is 1. The first-order valence-electron chi connectivity index (χ1n) is 9.06. The Bertz CT molecular complexity index is 1270. The molecule has 0 unspecified atom stereocenters. The summed E-state index contributed by atoms with van der Waals surface area (Å²) in [5.41, 5.74) is 2.95. The molecule has 2 N–H and O–H groups in total. The average molecular weight is 472 g/mol. The molecular weight excluding hydrogens is 457 g/mol. The van der Waals surface area contributed by atoms with Crippen molar-refractivity contribution in [2.75, 3.05) is 12.4 Å². The van der Waals surface area contributed by atoms with Gasteiger partial charge in [0.15, 0.2) is 10.7 Å². The summed E-state index contributed by atoms with van der Waals surface area (Å²) in [4.78, 5) is 17.0. The molecule has 0 fully saturated rings. The Labute approximate surface area is 193 Å². The van der Waals surface area contributed by atoms with Gasteiger partial charge in [0.25, 0.3) is 5.91 Å². The van der Waals surface area contributed by atoms with Crippen LogP contribution in [0.25, 0.3) is 22.6 Å². The van der Waals surface area contributed by atoms with Crippen LogP contribution in [0.15, 0.2) is 65.1 Å². The number of aromatic nitrogens is 1. The third-order valence-corrected chi connectivity index (χ3v) is 5.14. The number of para-hydroxylation sites is 2. The van der Waals surface area contributed by atoms with Crippen LogP contribution in [-0.2, 0) is 0 Å². The van der Waals surface area contributed by atoms with Crippen molar-refractivity contribution in [3.8, 4) is 17.2 Å². The van der Waals surface area contributed by atoms with E-state index in [4.69, 9.17) is 44.6 Å². The summed E-state index contributed by atoms with van der Waals surface area (Å²) in [7, 11) is 1.54. The molecule has 0 saturated carbocycles. The van der Waals surface area contributed by atoms with Gasteiger partial charge in [-0.1, -0.05) is 35.3 Å². The topological polar surface area (TPSA) is 76.4 Å². The van der Waals surface area contributed by atoms with Crippen molar-refractivity contribution in [2.24, 2.45) is 0 Å². The van der Waals surface area contributed by atoms with E-state index >= 15 is 0 Å². The Kier molecular flexibility index (Phi) is 6.08. The standard InChI is InChI=1S/C22H15Cl2N3O3S/c1-29-18-9-6-12(21-25-16-4-2-3-5-19(16)30-21)10-17(18)26-22(31)27-20(28)14-8-7-13(23)11-15(14)24/h2-11H,1H3,(H2,26,27,28,31). The second kappa shape index (κ2) is 8.93. The number of rotatable bonds is 4. The van der Waals surface area contributed by atoms with Crippen LogP contribution in [0, 0.1) is 0 Å². The molecule has 9 heteroatoms. The Balaban J connectivity index is 1.56. The number of nitrogens with zero attached hydrogens (tertiary/aromatic N) is 1. The highest BCUT2D eigenvalue weighted by atomic mass is 35.5. The van der Waals surface area contributed by atoms with Crippen LogP contribution in [0.2, 0.25) is 10.0 Å². The van der Waals surface area contributed by atoms with E-state index in [2.05, 4.69) is 15.6 Å². The number of thiocarbonyl (C=S) groups is 1. The van der Waals surface area contributed by atoms with E-state index in [-0.39, 0.29) is 15.7 Å². The van der Waals surface area contributed by atoms with E-state index in [0.29, 0.717) is 27.9 Å². The molecule has 1 amide bonds. The first-order chi connectivity index (χ1) is 14.9. The van der Waals surface area contributed by atoms with Crippen molar-refractivity contribution in [1.82, 2.24) is 10.3 Å². The van der Waals surface area contributed by atoms with Gasteiger partial charge in [0.1, 0.15) is 11.3 Å². The molecular formula is C22H15Cl2N3O3S. The normalized spacial score (nSPS) is 10.7. The maximum atomic E-state index is 12.5. The lowest BCUT2D eigenvalue weighted by Crippen LogP contribution is -2.34. The molecule has 6 nitrogen and oxygen atoms in total. The molecule has 0 saturated heterocycles. The number of carbonyl (C=O) groups is 1.